The third kappa shape index (κ3) is 6.79. The van der Waals surface area contributed by atoms with Gasteiger partial charge in [0.25, 0.3) is 0 Å². The highest BCUT2D eigenvalue weighted by molar-refractivity contribution is 5.78. The number of anilines is 1. The highest BCUT2D eigenvalue weighted by Gasteiger charge is 2.44. The number of nitrogens with zero attached hydrogens (tertiary/aromatic N) is 3. The molecule has 0 radical (unpaired) electrons. The van der Waals surface area contributed by atoms with E-state index in [1.54, 1.807) is 37.3 Å². The number of hydrogen-bond acceptors (Lipinski definition) is 6. The molecule has 1 N–H and O–H groups in total. The van der Waals surface area contributed by atoms with Crippen LogP contribution in [0.2, 0.25) is 0 Å². The lowest BCUT2D eigenvalue weighted by Crippen LogP contribution is -2.38. The van der Waals surface area contributed by atoms with Crippen LogP contribution in [-0.2, 0) is 22.5 Å². The smallest absolute Gasteiger partial charge is 0.416 e. The predicted molar refractivity (Wildman–Crippen MR) is 151 cm³/mol. The van der Waals surface area contributed by atoms with E-state index in [-0.39, 0.29) is 24.6 Å². The molecule has 2 aromatic rings. The van der Waals surface area contributed by atoms with Crippen LogP contribution >= 0.6 is 0 Å². The molecule has 1 aromatic carbocycles. The van der Waals surface area contributed by atoms with E-state index >= 15 is 0 Å². The van der Waals surface area contributed by atoms with E-state index in [9.17, 15) is 41.0 Å². The Hall–Kier alpha value is -4.49. The summed E-state index contributed by atoms with van der Waals surface area (Å²) in [5, 5.41) is 9.32. The van der Waals surface area contributed by atoms with Crippen molar-refractivity contribution in [3.63, 3.8) is 0 Å². The zero-order chi connectivity index (χ0) is 32.7. The third-order valence-electron chi connectivity index (χ3n) is 7.99. The van der Waals surface area contributed by atoms with Gasteiger partial charge in [0, 0.05) is 24.2 Å². The molecule has 2 saturated heterocycles. The number of hydrogen-bond donors (Lipinski definition) is 1. The number of benzene rings is 1. The molecule has 2 aliphatic heterocycles. The number of carbonyl (C=O) groups excluding carboxylic acids is 1. The summed E-state index contributed by atoms with van der Waals surface area (Å²) in [5.41, 5.74) is -1.15. The number of methoxy groups -OCH3 is 1. The van der Waals surface area contributed by atoms with E-state index in [0.29, 0.717) is 46.1 Å². The average molecular weight is 638 g/mol. The highest BCUT2D eigenvalue weighted by Crippen LogP contribution is 2.40. The van der Waals surface area contributed by atoms with Crippen LogP contribution in [0.15, 0.2) is 65.3 Å². The summed E-state index contributed by atoms with van der Waals surface area (Å²) >= 11 is 0. The van der Waals surface area contributed by atoms with Crippen molar-refractivity contribution in [2.75, 3.05) is 25.1 Å². The number of aromatic nitrogens is 1. The van der Waals surface area contributed by atoms with Gasteiger partial charge in [0.05, 0.1) is 43.0 Å². The number of alkyl halides is 6. The average Bonchev–Trinajstić information content (AvgIpc) is 3.08. The molecule has 14 heteroatoms. The minimum absolute atomic E-state index is 0.0511. The van der Waals surface area contributed by atoms with Gasteiger partial charge in [0.2, 0.25) is 0 Å². The molecular weight excluding hydrogens is 608 g/mol. The van der Waals surface area contributed by atoms with Crippen molar-refractivity contribution in [1.29, 1.82) is 0 Å². The summed E-state index contributed by atoms with van der Waals surface area (Å²) in [5.74, 6) is 0.0145. The summed E-state index contributed by atoms with van der Waals surface area (Å²) in [6.07, 6.45) is -10.7. The number of amides is 1. The van der Waals surface area contributed by atoms with E-state index in [4.69, 9.17) is 14.5 Å². The van der Waals surface area contributed by atoms with Gasteiger partial charge in [-0.3, -0.25) is 9.69 Å². The van der Waals surface area contributed by atoms with E-state index in [1.807, 2.05) is 4.90 Å². The maximum absolute atomic E-state index is 13.7. The summed E-state index contributed by atoms with van der Waals surface area (Å²) in [4.78, 5) is 32.7. The topological polar surface area (TPSA) is 92.2 Å². The van der Waals surface area contributed by atoms with Crippen LogP contribution in [0.1, 0.15) is 31.0 Å². The first-order valence-corrected chi connectivity index (χ1v) is 14.0. The van der Waals surface area contributed by atoms with Crippen LogP contribution in [-0.4, -0.2) is 71.8 Å². The van der Waals surface area contributed by atoms with Gasteiger partial charge in [0.15, 0.2) is 0 Å². The Kier molecular flexibility index (Phi) is 8.60. The minimum Gasteiger partial charge on any atom is -0.496 e. The Balaban J connectivity index is 1.51. The molecular formula is C31H29F6N3O5. The Morgan fingerprint density at radius 1 is 1.04 bits per heavy atom. The summed E-state index contributed by atoms with van der Waals surface area (Å²) < 4.78 is 92.4. The number of halogens is 6. The molecule has 3 heterocycles. The third-order valence-corrected chi connectivity index (χ3v) is 7.99. The number of carboxylic acid groups (broad SMARTS) is 1. The van der Waals surface area contributed by atoms with Gasteiger partial charge in [-0.1, -0.05) is 12.1 Å². The fraction of sp³-hybridized carbons (Fsp3) is 0.387. The first-order chi connectivity index (χ1) is 21.2. The Bertz CT molecular complexity index is 1590. The van der Waals surface area contributed by atoms with E-state index in [1.165, 1.54) is 12.0 Å². The zero-order valence-electron chi connectivity index (χ0n) is 24.2. The SMILES string of the molecule is COc1ccc(CC(=O)O)cc1-c1ccc(N2CCC2)nc1CN1C(=O)OC(C2=CC(C(F)(F)F)=CC(C(F)(F)F)=CC2)C1C. The molecule has 2 unspecified atom stereocenters. The standard InChI is InChI=1S/C31H29F6N3O5/c1-17-28(19-5-6-20(30(32,33)34)15-21(14-19)31(35,36)37)45-29(43)40(17)16-24-22(7-9-26(38-24)39-10-3-11-39)23-12-18(13-27(41)42)4-8-25(23)44-2/h4,6-9,12,14-15,17,28H,3,5,10-11,13,16H2,1-2H3,(H,41,42). The van der Waals surface area contributed by atoms with Crippen LogP contribution in [0.3, 0.4) is 0 Å². The van der Waals surface area contributed by atoms with Gasteiger partial charge in [-0.25, -0.2) is 9.78 Å². The van der Waals surface area contributed by atoms with Crippen molar-refractivity contribution in [1.82, 2.24) is 9.88 Å². The first kappa shape index (κ1) is 31.9. The molecule has 3 aliphatic rings. The number of carbonyl (C=O) groups is 2. The van der Waals surface area contributed by atoms with Crippen LogP contribution in [0.5, 0.6) is 5.75 Å². The van der Waals surface area contributed by atoms with Gasteiger partial charge in [0.1, 0.15) is 17.7 Å². The lowest BCUT2D eigenvalue weighted by molar-refractivity contribution is -0.136. The normalized spacial score (nSPS) is 20.5. The molecule has 5 rings (SSSR count). The van der Waals surface area contributed by atoms with Crippen molar-refractivity contribution in [2.45, 2.75) is 57.2 Å². The molecule has 8 nitrogen and oxygen atoms in total. The van der Waals surface area contributed by atoms with Crippen LogP contribution in [0, 0.1) is 0 Å². The zero-order valence-corrected chi connectivity index (χ0v) is 24.2. The van der Waals surface area contributed by atoms with Crippen molar-refractivity contribution in [3.05, 3.63) is 76.5 Å². The van der Waals surface area contributed by atoms with Crippen molar-refractivity contribution >= 4 is 17.9 Å². The number of rotatable bonds is 8. The predicted octanol–water partition coefficient (Wildman–Crippen LogP) is 6.61. The Labute approximate surface area is 254 Å². The van der Waals surface area contributed by atoms with Gasteiger partial charge < -0.3 is 19.5 Å². The molecule has 0 bridgehead atoms. The maximum atomic E-state index is 13.7. The van der Waals surface area contributed by atoms with Crippen LogP contribution in [0.25, 0.3) is 11.1 Å². The van der Waals surface area contributed by atoms with E-state index in [0.717, 1.165) is 19.5 Å². The van der Waals surface area contributed by atoms with Crippen molar-refractivity contribution in [2.24, 2.45) is 0 Å². The summed E-state index contributed by atoms with van der Waals surface area (Å²) in [7, 11) is 1.45. The maximum Gasteiger partial charge on any atom is 0.416 e. The Morgan fingerprint density at radius 2 is 1.76 bits per heavy atom. The highest BCUT2D eigenvalue weighted by atomic mass is 19.4. The minimum atomic E-state index is -5.07. The number of pyridine rings is 1. The largest absolute Gasteiger partial charge is 0.496 e. The molecule has 1 amide bonds. The molecule has 1 aromatic heterocycles. The molecule has 2 fully saturated rings. The van der Waals surface area contributed by atoms with Crippen molar-refractivity contribution in [3.8, 4) is 16.9 Å². The molecule has 2 atom stereocenters. The Morgan fingerprint density at radius 3 is 2.36 bits per heavy atom. The van der Waals surface area contributed by atoms with Gasteiger partial charge in [-0.2, -0.15) is 26.3 Å². The monoisotopic (exact) mass is 637 g/mol. The summed E-state index contributed by atoms with van der Waals surface area (Å²) in [6.45, 7) is 2.92. The van der Waals surface area contributed by atoms with Crippen LogP contribution in [0.4, 0.5) is 37.0 Å². The quantitative estimate of drug-likeness (QED) is 0.326. The fourth-order valence-electron chi connectivity index (χ4n) is 5.50. The molecule has 240 valence electrons. The number of aliphatic carboxylic acids is 1. The van der Waals surface area contributed by atoms with Gasteiger partial charge in [-0.15, -0.1) is 0 Å². The number of cyclic esters (lactones) is 1. The second-order valence-corrected chi connectivity index (χ2v) is 11.0. The molecule has 1 aliphatic carbocycles. The first-order valence-electron chi connectivity index (χ1n) is 14.0. The summed E-state index contributed by atoms with van der Waals surface area (Å²) in [6, 6.07) is 7.59. The van der Waals surface area contributed by atoms with Gasteiger partial charge in [-0.05, 0) is 67.3 Å². The van der Waals surface area contributed by atoms with E-state index in [2.05, 4.69) is 0 Å². The lowest BCUT2D eigenvalue weighted by Gasteiger charge is -2.33. The molecule has 0 saturated carbocycles. The second-order valence-electron chi connectivity index (χ2n) is 11.0. The van der Waals surface area contributed by atoms with Crippen LogP contribution < -0.4 is 9.64 Å². The number of ether oxygens (including phenoxy) is 2. The molecule has 0 spiro atoms. The second kappa shape index (κ2) is 12.1. The number of allylic oxidation sites excluding steroid dienone is 5. The number of carboxylic acids is 1. The van der Waals surface area contributed by atoms with Crippen molar-refractivity contribution < 1.29 is 50.5 Å². The molecule has 45 heavy (non-hydrogen) atoms. The fourth-order valence-corrected chi connectivity index (χ4v) is 5.50. The van der Waals surface area contributed by atoms with Gasteiger partial charge >= 0.3 is 24.4 Å². The lowest BCUT2D eigenvalue weighted by atomic mass is 9.97. The van der Waals surface area contributed by atoms with E-state index < -0.39 is 54.1 Å².